The van der Waals surface area contributed by atoms with Crippen LogP contribution in [0.15, 0.2) is 4.99 Å². The molecule has 2 aliphatic carbocycles. The molecule has 2 aliphatic rings. The van der Waals surface area contributed by atoms with Gasteiger partial charge in [-0.25, -0.2) is 0 Å². The van der Waals surface area contributed by atoms with Crippen LogP contribution in [0, 0.1) is 28.7 Å². The van der Waals surface area contributed by atoms with E-state index in [1.165, 1.54) is 38.5 Å². The average Bonchev–Trinajstić information content (AvgIpc) is 2.32. The molecule has 0 heterocycles. The zero-order valence-corrected chi connectivity index (χ0v) is 10.9. The highest BCUT2D eigenvalue weighted by molar-refractivity contribution is 5.56. The van der Waals surface area contributed by atoms with Crippen LogP contribution >= 0.6 is 0 Å². The second-order valence-corrected chi connectivity index (χ2v) is 6.24. The van der Waals surface area contributed by atoms with Gasteiger partial charge in [0.1, 0.15) is 6.34 Å². The molecule has 0 spiro atoms. The van der Waals surface area contributed by atoms with Gasteiger partial charge in [-0.15, -0.1) is 0 Å². The Labute approximate surface area is 104 Å². The molecule has 2 fully saturated rings. The third-order valence-electron chi connectivity index (χ3n) is 4.77. The highest BCUT2D eigenvalue weighted by Crippen LogP contribution is 2.47. The second-order valence-electron chi connectivity index (χ2n) is 6.24. The zero-order chi connectivity index (χ0) is 12.3. The molecule has 0 aromatic carbocycles. The van der Waals surface area contributed by atoms with Crippen LogP contribution in [0.5, 0.6) is 0 Å². The number of aliphatic imine (C=N–C) groups is 1. The molecule has 2 saturated carbocycles. The summed E-state index contributed by atoms with van der Waals surface area (Å²) in [5, 5.41) is 11.9. The first-order valence-electron chi connectivity index (χ1n) is 6.82. The summed E-state index contributed by atoms with van der Waals surface area (Å²) < 4.78 is 0. The van der Waals surface area contributed by atoms with Crippen LogP contribution < -0.4 is 5.32 Å². The van der Waals surface area contributed by atoms with Crippen LogP contribution in [0.2, 0.25) is 0 Å². The van der Waals surface area contributed by atoms with Crippen LogP contribution in [0.3, 0.4) is 0 Å². The van der Waals surface area contributed by atoms with Crippen molar-refractivity contribution in [2.24, 2.45) is 22.2 Å². The predicted octanol–water partition coefficient (Wildman–Crippen LogP) is 3.08. The maximum atomic E-state index is 8.47. The molecule has 0 bridgehead atoms. The van der Waals surface area contributed by atoms with E-state index in [-0.39, 0.29) is 0 Å². The monoisotopic (exact) mass is 233 g/mol. The van der Waals surface area contributed by atoms with Gasteiger partial charge in [0.2, 0.25) is 6.19 Å². The zero-order valence-electron chi connectivity index (χ0n) is 10.9. The van der Waals surface area contributed by atoms with Gasteiger partial charge in [0.05, 0.1) is 0 Å². The van der Waals surface area contributed by atoms with Crippen molar-refractivity contribution in [3.05, 3.63) is 0 Å². The molecule has 3 unspecified atom stereocenters. The normalized spacial score (nSPS) is 36.2. The third kappa shape index (κ3) is 2.62. The van der Waals surface area contributed by atoms with Crippen molar-refractivity contribution in [3.8, 4) is 6.19 Å². The summed E-state index contributed by atoms with van der Waals surface area (Å²) in [5.41, 5.74) is 0.319. The van der Waals surface area contributed by atoms with Crippen LogP contribution in [-0.4, -0.2) is 12.4 Å². The molecule has 94 valence electrons. The largest absolute Gasteiger partial charge is 0.372 e. The number of fused-ring (bicyclic) bond motifs is 1. The minimum Gasteiger partial charge on any atom is -0.372 e. The highest BCUT2D eigenvalue weighted by Gasteiger charge is 2.44. The quantitative estimate of drug-likeness (QED) is 0.452. The minimum atomic E-state index is 0.319. The summed E-state index contributed by atoms with van der Waals surface area (Å²) in [6.07, 6.45) is 11.6. The summed E-state index contributed by atoms with van der Waals surface area (Å²) in [5.74, 6) is 1.67. The van der Waals surface area contributed by atoms with Crippen molar-refractivity contribution in [3.63, 3.8) is 0 Å². The van der Waals surface area contributed by atoms with E-state index < -0.39 is 0 Å². The fourth-order valence-corrected chi connectivity index (χ4v) is 3.82. The summed E-state index contributed by atoms with van der Waals surface area (Å²) >= 11 is 0. The van der Waals surface area contributed by atoms with Gasteiger partial charge in [-0.1, -0.05) is 33.1 Å². The van der Waals surface area contributed by atoms with Crippen molar-refractivity contribution in [2.45, 2.75) is 58.4 Å². The lowest BCUT2D eigenvalue weighted by Gasteiger charge is -2.50. The summed E-state index contributed by atoms with van der Waals surface area (Å²) in [6.45, 7) is 4.69. The van der Waals surface area contributed by atoms with E-state index in [0.29, 0.717) is 11.5 Å². The Morgan fingerprint density at radius 3 is 2.82 bits per heavy atom. The first-order valence-corrected chi connectivity index (χ1v) is 6.82. The molecule has 3 atom stereocenters. The Kier molecular flexibility index (Phi) is 3.71. The van der Waals surface area contributed by atoms with Crippen LogP contribution in [0.4, 0.5) is 0 Å². The van der Waals surface area contributed by atoms with Gasteiger partial charge in [-0.2, -0.15) is 10.3 Å². The molecular weight excluding hydrogens is 210 g/mol. The van der Waals surface area contributed by atoms with E-state index in [9.17, 15) is 0 Å². The van der Waals surface area contributed by atoms with Gasteiger partial charge in [0.25, 0.3) is 0 Å². The van der Waals surface area contributed by atoms with Crippen molar-refractivity contribution in [2.75, 3.05) is 0 Å². The molecule has 3 nitrogen and oxygen atoms in total. The SMILES string of the molecule is CC1(C)CCC2CCCCC2C1N/C=N/C#N. The van der Waals surface area contributed by atoms with Crippen molar-refractivity contribution < 1.29 is 0 Å². The maximum Gasteiger partial charge on any atom is 0.207 e. The van der Waals surface area contributed by atoms with E-state index in [1.54, 1.807) is 6.34 Å². The Balaban J connectivity index is 2.10. The number of nitrogens with zero attached hydrogens (tertiary/aromatic N) is 2. The van der Waals surface area contributed by atoms with Crippen LogP contribution in [-0.2, 0) is 0 Å². The molecule has 0 saturated heterocycles. The maximum absolute atomic E-state index is 8.47. The molecule has 17 heavy (non-hydrogen) atoms. The summed E-state index contributed by atoms with van der Waals surface area (Å²) in [4.78, 5) is 3.64. The Bertz CT molecular complexity index is 327. The lowest BCUT2D eigenvalue weighted by atomic mass is 9.59. The first-order chi connectivity index (χ1) is 8.15. The lowest BCUT2D eigenvalue weighted by molar-refractivity contribution is 0.0444. The Morgan fingerprint density at radius 1 is 1.29 bits per heavy atom. The summed E-state index contributed by atoms with van der Waals surface area (Å²) in [6, 6.07) is 0.485. The number of nitriles is 1. The van der Waals surface area contributed by atoms with Crippen LogP contribution in [0.25, 0.3) is 0 Å². The minimum absolute atomic E-state index is 0.319. The Hall–Kier alpha value is -1.04. The van der Waals surface area contributed by atoms with Gasteiger partial charge in [-0.05, 0) is 36.5 Å². The first kappa shape index (κ1) is 12.4. The van der Waals surface area contributed by atoms with Crippen molar-refractivity contribution in [1.29, 1.82) is 5.26 Å². The fraction of sp³-hybridized carbons (Fsp3) is 0.857. The molecule has 3 heteroatoms. The van der Waals surface area contributed by atoms with Gasteiger partial charge in [0, 0.05) is 6.04 Å². The van der Waals surface area contributed by atoms with Gasteiger partial charge >= 0.3 is 0 Å². The topological polar surface area (TPSA) is 48.2 Å². The molecule has 0 aromatic heterocycles. The smallest absolute Gasteiger partial charge is 0.207 e. The van der Waals surface area contributed by atoms with E-state index >= 15 is 0 Å². The molecular formula is C14H23N3. The predicted molar refractivity (Wildman–Crippen MR) is 69.5 cm³/mol. The molecule has 1 N–H and O–H groups in total. The molecule has 0 amide bonds. The number of hydrogen-bond acceptors (Lipinski definition) is 2. The van der Waals surface area contributed by atoms with Gasteiger partial charge in [-0.3, -0.25) is 0 Å². The standard InChI is InChI=1S/C14H23N3/c1-14(2)8-7-11-5-3-4-6-12(11)13(14)17-10-16-9-15/h10-13H,3-8H2,1-2H3,(H,16,17). The average molecular weight is 233 g/mol. The third-order valence-corrected chi connectivity index (χ3v) is 4.77. The second kappa shape index (κ2) is 5.08. The fourth-order valence-electron chi connectivity index (χ4n) is 3.82. The van der Waals surface area contributed by atoms with Crippen molar-refractivity contribution in [1.82, 2.24) is 5.32 Å². The summed E-state index contributed by atoms with van der Waals surface area (Å²) in [7, 11) is 0. The van der Waals surface area contributed by atoms with E-state index in [0.717, 1.165) is 11.8 Å². The van der Waals surface area contributed by atoms with Gasteiger partial charge < -0.3 is 5.32 Å². The molecule has 0 aromatic rings. The number of hydrogen-bond donors (Lipinski definition) is 1. The van der Waals surface area contributed by atoms with Crippen LogP contribution in [0.1, 0.15) is 52.4 Å². The Morgan fingerprint density at radius 2 is 2.06 bits per heavy atom. The van der Waals surface area contributed by atoms with E-state index in [2.05, 4.69) is 24.2 Å². The molecule has 2 rings (SSSR count). The lowest BCUT2D eigenvalue weighted by Crippen LogP contribution is -2.53. The van der Waals surface area contributed by atoms with E-state index in [4.69, 9.17) is 5.26 Å². The molecule has 0 aliphatic heterocycles. The number of nitrogens with one attached hydrogen (secondary N) is 1. The highest BCUT2D eigenvalue weighted by atomic mass is 15.0. The van der Waals surface area contributed by atoms with Crippen molar-refractivity contribution >= 4 is 6.34 Å². The number of rotatable bonds is 2. The molecule has 0 radical (unpaired) electrons. The van der Waals surface area contributed by atoms with Gasteiger partial charge in [0.15, 0.2) is 0 Å². The van der Waals surface area contributed by atoms with E-state index in [1.807, 2.05) is 6.19 Å².